The smallest absolute Gasteiger partial charge is 4.00 e. The molecule has 0 radical (unpaired) electrons. The van der Waals surface area contributed by atoms with Crippen molar-refractivity contribution in [2.75, 3.05) is 19.6 Å². The van der Waals surface area contributed by atoms with Gasteiger partial charge in [-0.05, 0) is 0 Å². The summed E-state index contributed by atoms with van der Waals surface area (Å²) in [7, 11) is 0. The quantitative estimate of drug-likeness (QED) is 0.323. The molecule has 0 saturated carbocycles. The van der Waals surface area contributed by atoms with Crippen LogP contribution in [-0.4, -0.2) is 34.9 Å². The van der Waals surface area contributed by atoms with Gasteiger partial charge in [0.25, 0.3) is 0 Å². The number of hydrogen-bond acceptors (Lipinski definition) is 0. The van der Waals surface area contributed by atoms with Gasteiger partial charge in [0.15, 0.2) is 0 Å². The standard InChI is InChI=1S/C5H5F2Ge.3C4H10N.Zr/c6-8(7)5-3-1-2-4-5;3*1-2-3-4-5;/h1-4,8H;3*5H,2-4H2,1H3;/q4*-1;+4. The predicted molar refractivity (Wildman–Crippen MR) is 103 cm³/mol. The van der Waals surface area contributed by atoms with Gasteiger partial charge < -0.3 is 17.2 Å². The van der Waals surface area contributed by atoms with Crippen LogP contribution in [0.5, 0.6) is 0 Å². The third kappa shape index (κ3) is 34.0. The van der Waals surface area contributed by atoms with Crippen molar-refractivity contribution >= 4 is 19.7 Å². The molecule has 0 spiro atoms. The summed E-state index contributed by atoms with van der Waals surface area (Å²) in [5.74, 6) is 0. The molecule has 0 aliphatic carbocycles. The SMILES string of the molecule is CCCC[NH-].CCCC[NH-].CCCC[NH-].[F][GeH]([F])[c-]1cccc1.[Zr+4]. The zero-order valence-electron chi connectivity index (χ0n) is 15.5. The number of halogens is 2. The van der Waals surface area contributed by atoms with E-state index in [1.807, 2.05) is 0 Å². The topological polar surface area (TPSA) is 71.4 Å². The Morgan fingerprint density at radius 2 is 1.04 bits per heavy atom. The largest absolute Gasteiger partial charge is 4.00 e. The molecule has 3 nitrogen and oxygen atoms in total. The average molecular weight is 483 g/mol. The van der Waals surface area contributed by atoms with E-state index in [-0.39, 0.29) is 30.6 Å². The number of hydrogen-bond donors (Lipinski definition) is 0. The van der Waals surface area contributed by atoms with Gasteiger partial charge in [-0.3, -0.25) is 0 Å². The van der Waals surface area contributed by atoms with Crippen molar-refractivity contribution in [3.63, 3.8) is 0 Å². The van der Waals surface area contributed by atoms with Crippen molar-refractivity contribution < 1.29 is 33.2 Å². The first-order valence-corrected chi connectivity index (χ1v) is 11.5. The molecular formula is C17H35F2GeN3Zr. The van der Waals surface area contributed by atoms with Crippen LogP contribution in [0.4, 0.5) is 7.00 Å². The van der Waals surface area contributed by atoms with Crippen LogP contribution in [0.1, 0.15) is 59.3 Å². The molecule has 1 aromatic carbocycles. The van der Waals surface area contributed by atoms with Gasteiger partial charge in [0, 0.05) is 0 Å². The zero-order valence-corrected chi connectivity index (χ0v) is 20.4. The molecule has 0 aliphatic rings. The van der Waals surface area contributed by atoms with Crippen LogP contribution in [0.15, 0.2) is 24.3 Å². The Hall–Kier alpha value is 0.516. The molecular weight excluding hydrogens is 448 g/mol. The first kappa shape index (κ1) is 32.2. The average Bonchev–Trinajstić information content (AvgIpc) is 3.06. The molecule has 0 atom stereocenters. The van der Waals surface area contributed by atoms with Gasteiger partial charge in [-0.25, -0.2) is 0 Å². The molecule has 0 aromatic heterocycles. The van der Waals surface area contributed by atoms with Crippen LogP contribution < -0.4 is 4.40 Å². The van der Waals surface area contributed by atoms with Gasteiger partial charge in [0.2, 0.25) is 0 Å². The Bertz CT molecular complexity index is 257. The van der Waals surface area contributed by atoms with Crippen LogP contribution in [0.2, 0.25) is 0 Å². The third-order valence-electron chi connectivity index (χ3n) is 2.53. The summed E-state index contributed by atoms with van der Waals surface area (Å²) in [6.07, 6.45) is 6.64. The molecule has 0 amide bonds. The second kappa shape index (κ2) is 31.3. The van der Waals surface area contributed by atoms with Gasteiger partial charge in [-0.2, -0.15) is 19.6 Å². The van der Waals surface area contributed by atoms with Crippen LogP contribution in [0.3, 0.4) is 0 Å². The molecule has 0 aliphatic heterocycles. The molecule has 24 heavy (non-hydrogen) atoms. The zero-order chi connectivity index (χ0) is 18.3. The molecule has 7 heteroatoms. The van der Waals surface area contributed by atoms with E-state index in [9.17, 15) is 7.00 Å². The second-order valence-corrected chi connectivity index (χ2v) is 7.49. The maximum atomic E-state index is 11.8. The Balaban J connectivity index is -0.000000113. The summed E-state index contributed by atoms with van der Waals surface area (Å²) < 4.78 is 23.9. The van der Waals surface area contributed by atoms with Crippen molar-refractivity contribution in [2.45, 2.75) is 59.3 Å². The van der Waals surface area contributed by atoms with Gasteiger partial charge in [-0.15, -0.1) is 0 Å². The molecule has 3 N–H and O–H groups in total. The van der Waals surface area contributed by atoms with Crippen LogP contribution in [-0.2, 0) is 26.2 Å². The van der Waals surface area contributed by atoms with Crippen molar-refractivity contribution in [1.82, 2.24) is 0 Å². The summed E-state index contributed by atoms with van der Waals surface area (Å²) in [5, 5.41) is 0. The van der Waals surface area contributed by atoms with E-state index in [0.717, 1.165) is 38.5 Å². The van der Waals surface area contributed by atoms with Crippen molar-refractivity contribution in [2.24, 2.45) is 0 Å². The molecule has 140 valence electrons. The first-order chi connectivity index (χ1) is 11.0. The van der Waals surface area contributed by atoms with E-state index in [2.05, 4.69) is 20.8 Å². The van der Waals surface area contributed by atoms with Crippen molar-refractivity contribution in [3.05, 3.63) is 41.5 Å². The van der Waals surface area contributed by atoms with Gasteiger partial charge in [-0.1, -0.05) is 59.3 Å². The summed E-state index contributed by atoms with van der Waals surface area (Å²) in [5.41, 5.74) is 19.8. The fourth-order valence-corrected chi connectivity index (χ4v) is 2.14. The Morgan fingerprint density at radius 3 is 1.12 bits per heavy atom. The monoisotopic (exact) mass is 483 g/mol. The summed E-state index contributed by atoms with van der Waals surface area (Å²) in [4.78, 5) is 0. The Morgan fingerprint density at radius 1 is 0.750 bits per heavy atom. The summed E-state index contributed by atoms with van der Waals surface area (Å²) in [6, 6.07) is 6.27. The van der Waals surface area contributed by atoms with E-state index in [1.54, 1.807) is 12.1 Å². The summed E-state index contributed by atoms with van der Waals surface area (Å²) in [6.45, 7) is 8.06. The van der Waals surface area contributed by atoms with Crippen molar-refractivity contribution in [1.29, 1.82) is 0 Å². The van der Waals surface area contributed by atoms with Crippen LogP contribution in [0, 0.1) is 0 Å². The third-order valence-corrected chi connectivity index (χ3v) is 4.40. The molecule has 0 heterocycles. The maximum absolute atomic E-state index is 11.8. The van der Waals surface area contributed by atoms with E-state index in [0.29, 0.717) is 19.6 Å². The van der Waals surface area contributed by atoms with Crippen LogP contribution in [0.25, 0.3) is 17.2 Å². The van der Waals surface area contributed by atoms with E-state index in [1.165, 1.54) is 12.1 Å². The van der Waals surface area contributed by atoms with E-state index < -0.39 is 15.3 Å². The van der Waals surface area contributed by atoms with E-state index in [4.69, 9.17) is 17.2 Å². The van der Waals surface area contributed by atoms with Crippen LogP contribution >= 0.6 is 0 Å². The van der Waals surface area contributed by atoms with Gasteiger partial charge >= 0.3 is 77.1 Å². The molecule has 0 bridgehead atoms. The summed E-state index contributed by atoms with van der Waals surface area (Å²) >= 11 is -3.89. The minimum atomic E-state index is -3.89. The fourth-order valence-electron chi connectivity index (χ4n) is 1.06. The molecule has 1 aromatic rings. The Labute approximate surface area is 172 Å². The minimum absolute atomic E-state index is 0. The van der Waals surface area contributed by atoms with Crippen molar-refractivity contribution in [3.8, 4) is 0 Å². The number of rotatable bonds is 7. The van der Waals surface area contributed by atoms with Gasteiger partial charge in [0.1, 0.15) is 0 Å². The molecule has 0 fully saturated rings. The van der Waals surface area contributed by atoms with E-state index >= 15 is 0 Å². The molecule has 0 saturated heterocycles. The molecule has 0 unspecified atom stereocenters. The second-order valence-electron chi connectivity index (χ2n) is 4.83. The van der Waals surface area contributed by atoms with Gasteiger partial charge in [0.05, 0.1) is 0 Å². The predicted octanol–water partition coefficient (Wildman–Crippen LogP) is 6.29. The normalized spacial score (nSPS) is 8.71. The molecule has 1 rings (SSSR count). The number of unbranched alkanes of at least 4 members (excludes halogenated alkanes) is 3. The minimum Gasteiger partial charge on any atom is 4.00 e. The Kier molecular flexibility index (Phi) is 42.0. The fraction of sp³-hybridized carbons (Fsp3) is 0.706. The first-order valence-electron chi connectivity index (χ1n) is 8.48. The maximum Gasteiger partial charge on any atom is 4.00 e. The number of nitrogens with one attached hydrogen (secondary N) is 3.